The average Bonchev–Trinajstić information content (AvgIpc) is 0.795. The van der Waals surface area contributed by atoms with Crippen LogP contribution in [0.4, 0.5) is 0 Å². The van der Waals surface area contributed by atoms with E-state index in [1.54, 1.807) is 92.0 Å². The van der Waals surface area contributed by atoms with Gasteiger partial charge < -0.3 is 47.4 Å². The van der Waals surface area contributed by atoms with Crippen molar-refractivity contribution < 1.29 is 71.3 Å². The summed E-state index contributed by atoms with van der Waals surface area (Å²) in [5.41, 5.74) is 3.71. The fourth-order valence-corrected chi connectivity index (χ4v) is 13.7. The van der Waals surface area contributed by atoms with Crippen molar-refractivity contribution in [1.82, 2.24) is 0 Å². The normalized spacial score (nSPS) is 11.5. The molecule has 0 aliphatic carbocycles. The molecule has 7 rings (SSSR count). The van der Waals surface area contributed by atoms with Gasteiger partial charge in [-0.3, -0.25) is 4.79 Å². The molecule has 16 nitrogen and oxygen atoms in total. The van der Waals surface area contributed by atoms with Crippen LogP contribution in [0, 0.1) is 17.2 Å². The Morgan fingerprint density at radius 3 is 1.21 bits per heavy atom. The summed E-state index contributed by atoms with van der Waals surface area (Å²) in [4.78, 5) is 64.3. The molecular weight excluding hydrogens is 1380 g/mol. The molecule has 107 heavy (non-hydrogen) atoms. The Kier molecular flexibility index (Phi) is 41.0. The molecule has 0 aliphatic heterocycles. The van der Waals surface area contributed by atoms with Crippen molar-refractivity contribution in [2.45, 2.75) is 221 Å². The minimum absolute atomic E-state index is 0.0142. The molecule has 0 saturated heterocycles. The van der Waals surface area contributed by atoms with Gasteiger partial charge in [-0.25, -0.2) is 19.2 Å². The van der Waals surface area contributed by atoms with Crippen LogP contribution in [-0.2, 0) is 14.3 Å². The van der Waals surface area contributed by atoms with Crippen LogP contribution in [0.5, 0.6) is 46.0 Å². The van der Waals surface area contributed by atoms with E-state index in [4.69, 9.17) is 52.6 Å². The van der Waals surface area contributed by atoms with Gasteiger partial charge in [0.15, 0.2) is 0 Å². The minimum atomic E-state index is -1.95. The highest BCUT2D eigenvalue weighted by Crippen LogP contribution is 2.31. The van der Waals surface area contributed by atoms with Gasteiger partial charge in [0.2, 0.25) is 0 Å². The van der Waals surface area contributed by atoms with Crippen molar-refractivity contribution in [1.29, 1.82) is 5.26 Å². The number of nitriles is 1. The number of methoxy groups -OCH3 is 1. The van der Waals surface area contributed by atoms with Gasteiger partial charge in [-0.2, -0.15) is 5.26 Å². The van der Waals surface area contributed by atoms with E-state index in [2.05, 4.69) is 66.1 Å². The first-order valence-corrected chi connectivity index (χ1v) is 46.1. The number of unbranched alkanes of at least 4 members (excludes halogenated alkanes) is 14. The molecule has 0 radical (unpaired) electrons. The van der Waals surface area contributed by atoms with Gasteiger partial charge in [-0.05, 0) is 196 Å². The first-order valence-electron chi connectivity index (χ1n) is 38.8. The monoisotopic (exact) mass is 1500 g/mol. The standard InChI is InChI=1S/C46H66O8Si.C22H25NO3.C21H28O4Si/c1-7-10-13-16-17-18-19-22-43(55(4,5)6)54-46(49)41-35-40(52-44(47)36-23-27-38(28-24-36)50-33-20-14-11-8-2)31-32-42(41)53-45(48)37-25-29-39(30-26-37)51-34-21-15-12-9-3;1-3-17(2)22(24)26-15-5-4-14-25-21-12-10-20(11-13-21)19-8-6-18(16-23)7-9-19;1-23-18-11-13-20(14-12-18)25-21(22)17-7-9-19(10-8-17)24-15-5-6-16-26(2,3)4/h23-32,35,43H,7-22,33-34H2,1-6H3;6-13,17H,3-5,14-15H2,1-2H3;7-14H,5-6,15-16H2,1-4H3. The first-order chi connectivity index (χ1) is 51.6. The highest BCUT2D eigenvalue weighted by Gasteiger charge is 2.32. The van der Waals surface area contributed by atoms with Gasteiger partial charge in [0.05, 0.1) is 88.2 Å². The smallest absolute Gasteiger partial charge is 0.343 e. The molecule has 0 N–H and O–H groups in total. The number of benzene rings is 7. The van der Waals surface area contributed by atoms with Crippen molar-refractivity contribution in [3.63, 3.8) is 0 Å². The van der Waals surface area contributed by atoms with E-state index in [0.29, 0.717) is 72.5 Å². The Morgan fingerprint density at radius 1 is 0.402 bits per heavy atom. The molecule has 0 aliphatic rings. The maximum atomic E-state index is 14.0. The van der Waals surface area contributed by atoms with E-state index in [1.165, 1.54) is 75.6 Å². The molecule has 2 unspecified atom stereocenters. The quantitative estimate of drug-likeness (QED) is 0.0151. The summed E-state index contributed by atoms with van der Waals surface area (Å²) in [6, 6.07) is 50.8. The third-order valence-electron chi connectivity index (χ3n) is 17.8. The first kappa shape index (κ1) is 88.4. The number of carbonyl (C=O) groups is 5. The second-order valence-electron chi connectivity index (χ2n) is 29.2. The van der Waals surface area contributed by atoms with E-state index < -0.39 is 40.0 Å². The summed E-state index contributed by atoms with van der Waals surface area (Å²) in [6.07, 6.45) is 22.5. The number of ether oxygens (including phenoxy) is 10. The Hall–Kier alpha value is -9.19. The predicted octanol–water partition coefficient (Wildman–Crippen LogP) is 23.0. The fraction of sp³-hybridized carbons (Fsp3) is 0.461. The van der Waals surface area contributed by atoms with Crippen LogP contribution < -0.4 is 37.9 Å². The topological polar surface area (TPSA) is 201 Å². The van der Waals surface area contributed by atoms with Crippen LogP contribution in [0.25, 0.3) is 11.1 Å². The van der Waals surface area contributed by atoms with Crippen molar-refractivity contribution in [3.8, 4) is 63.2 Å². The molecule has 0 aromatic heterocycles. The van der Waals surface area contributed by atoms with E-state index in [9.17, 15) is 24.0 Å². The van der Waals surface area contributed by atoms with Crippen LogP contribution in [0.15, 0.2) is 164 Å². The third-order valence-corrected chi connectivity index (χ3v) is 22.0. The van der Waals surface area contributed by atoms with Crippen LogP contribution in [0.3, 0.4) is 0 Å². The second kappa shape index (κ2) is 49.6. The Morgan fingerprint density at radius 2 is 0.776 bits per heavy atom. The molecular formula is C89H119NO15Si2. The lowest BCUT2D eigenvalue weighted by atomic mass is 10.0. The zero-order chi connectivity index (χ0) is 77.7. The summed E-state index contributed by atoms with van der Waals surface area (Å²) < 4.78 is 56.5. The minimum Gasteiger partial charge on any atom is -0.497 e. The van der Waals surface area contributed by atoms with Gasteiger partial charge in [0, 0.05) is 8.07 Å². The highest BCUT2D eigenvalue weighted by molar-refractivity contribution is 6.77. The van der Waals surface area contributed by atoms with Gasteiger partial charge >= 0.3 is 29.8 Å². The molecule has 18 heteroatoms. The molecule has 0 bridgehead atoms. The number of esters is 5. The van der Waals surface area contributed by atoms with Crippen molar-refractivity contribution in [2.75, 3.05) is 40.1 Å². The number of carbonyl (C=O) groups excluding carboxylic acids is 5. The van der Waals surface area contributed by atoms with E-state index >= 15 is 0 Å². The van der Waals surface area contributed by atoms with Crippen LogP contribution in [0.1, 0.15) is 216 Å². The molecule has 0 amide bonds. The molecule has 0 saturated carbocycles. The van der Waals surface area contributed by atoms with Crippen LogP contribution >= 0.6 is 0 Å². The average molecular weight is 1500 g/mol. The van der Waals surface area contributed by atoms with E-state index in [0.717, 1.165) is 112 Å². The number of nitrogens with zero attached hydrogens (tertiary/aromatic N) is 1. The van der Waals surface area contributed by atoms with E-state index in [1.807, 2.05) is 74.5 Å². The summed E-state index contributed by atoms with van der Waals surface area (Å²) in [6.45, 7) is 27.1. The molecule has 0 fully saturated rings. The summed E-state index contributed by atoms with van der Waals surface area (Å²) in [5, 5.41) is 8.84. The molecule has 7 aromatic rings. The maximum absolute atomic E-state index is 14.0. The van der Waals surface area contributed by atoms with Crippen molar-refractivity contribution in [3.05, 3.63) is 192 Å². The number of rotatable bonds is 45. The van der Waals surface area contributed by atoms with Gasteiger partial charge in [-0.15, -0.1) is 0 Å². The SMILES string of the molecule is CCC(C)C(=O)OCCCCOc1ccc(-c2ccc(C#N)cc2)cc1.CCCCCCCCCC(OC(=O)c1cc(OC(=O)c2ccc(OCCCCCC)cc2)ccc1OC(=O)c1ccc(OCCCCCC)cc1)[Si](C)(C)C.COc1ccc(OC(=O)c2ccc(OCCCC[Si](C)(C)C)cc2)cc1. The predicted molar refractivity (Wildman–Crippen MR) is 433 cm³/mol. The number of hydrogen-bond acceptors (Lipinski definition) is 16. The van der Waals surface area contributed by atoms with E-state index in [-0.39, 0.29) is 34.7 Å². The maximum Gasteiger partial charge on any atom is 0.343 e. The lowest BCUT2D eigenvalue weighted by Gasteiger charge is -2.29. The summed E-state index contributed by atoms with van der Waals surface area (Å²) in [7, 11) is -1.31. The van der Waals surface area contributed by atoms with Crippen LogP contribution in [0.2, 0.25) is 45.3 Å². The summed E-state index contributed by atoms with van der Waals surface area (Å²) >= 11 is 0. The largest absolute Gasteiger partial charge is 0.497 e. The molecule has 578 valence electrons. The van der Waals surface area contributed by atoms with Gasteiger partial charge in [0.25, 0.3) is 0 Å². The highest BCUT2D eigenvalue weighted by atomic mass is 28.3. The zero-order valence-corrected chi connectivity index (χ0v) is 67.9. The Balaban J connectivity index is 0.000000326. The summed E-state index contributed by atoms with van der Waals surface area (Å²) in [5.74, 6) is 1.92. The lowest BCUT2D eigenvalue weighted by Crippen LogP contribution is -2.41. The molecule has 2 atom stereocenters. The lowest BCUT2D eigenvalue weighted by molar-refractivity contribution is -0.148. The molecule has 0 heterocycles. The molecule has 7 aromatic carbocycles. The number of hydrogen-bond donors (Lipinski definition) is 0. The van der Waals surface area contributed by atoms with Crippen molar-refractivity contribution >= 4 is 46.0 Å². The Labute approximate surface area is 640 Å². The second-order valence-corrected chi connectivity index (χ2v) is 40.2. The van der Waals surface area contributed by atoms with Crippen molar-refractivity contribution in [2.24, 2.45) is 5.92 Å². The fourth-order valence-electron chi connectivity index (χ4n) is 10.9. The van der Waals surface area contributed by atoms with Gasteiger partial charge in [-0.1, -0.05) is 194 Å². The third kappa shape index (κ3) is 35.4. The van der Waals surface area contributed by atoms with Crippen LogP contribution in [-0.4, -0.2) is 91.9 Å². The zero-order valence-electron chi connectivity index (χ0n) is 65.9. The molecule has 0 spiro atoms. The Bertz CT molecular complexity index is 3730. The van der Waals surface area contributed by atoms with Gasteiger partial charge in [0.1, 0.15) is 51.6 Å².